The summed E-state index contributed by atoms with van der Waals surface area (Å²) in [5, 5.41) is 2.89. The van der Waals surface area contributed by atoms with Gasteiger partial charge in [0.1, 0.15) is 5.75 Å². The fraction of sp³-hybridized carbons (Fsp3) is 0.529. The molecule has 2 rings (SSSR count). The highest BCUT2D eigenvalue weighted by Crippen LogP contribution is 2.24. The van der Waals surface area contributed by atoms with Crippen molar-refractivity contribution in [1.29, 1.82) is 0 Å². The molecule has 0 radical (unpaired) electrons. The summed E-state index contributed by atoms with van der Waals surface area (Å²) in [4.78, 5) is 23.2. The van der Waals surface area contributed by atoms with Crippen molar-refractivity contribution in [3.8, 4) is 0 Å². The quantitative estimate of drug-likeness (QED) is 0.653. The summed E-state index contributed by atoms with van der Waals surface area (Å²) < 4.78 is 28.1. The predicted octanol–water partition coefficient (Wildman–Crippen LogP) is 0.940. The van der Waals surface area contributed by atoms with Crippen LogP contribution in [0.2, 0.25) is 0 Å². The zero-order valence-electron chi connectivity index (χ0n) is 14.6. The van der Waals surface area contributed by atoms with Gasteiger partial charge in [0.25, 0.3) is 0 Å². The fourth-order valence-corrected chi connectivity index (χ4v) is 4.16. The maximum absolute atomic E-state index is 12.1. The smallest absolute Gasteiger partial charge is 0.320 e. The summed E-state index contributed by atoms with van der Waals surface area (Å²) in [5.74, 6) is -1.64. The fourth-order valence-electron chi connectivity index (χ4n) is 2.88. The third-order valence-electron chi connectivity index (χ3n) is 4.29. The Balaban J connectivity index is 0.00000338. The molecular weight excluding hydrogens is 380 g/mol. The summed E-state index contributed by atoms with van der Waals surface area (Å²) in [5.41, 5.74) is 7.28. The molecule has 146 valence electrons. The van der Waals surface area contributed by atoms with Crippen molar-refractivity contribution in [2.45, 2.75) is 37.6 Å². The van der Waals surface area contributed by atoms with E-state index in [-0.39, 0.29) is 36.0 Å². The lowest BCUT2D eigenvalue weighted by molar-refractivity contribution is -0.137. The van der Waals surface area contributed by atoms with Crippen molar-refractivity contribution < 1.29 is 22.7 Å². The molecule has 1 fully saturated rings. The summed E-state index contributed by atoms with van der Waals surface area (Å²) in [6.07, 6.45) is 2.43. The zero-order chi connectivity index (χ0) is 18.4. The van der Waals surface area contributed by atoms with Crippen LogP contribution in [0.25, 0.3) is 0 Å². The van der Waals surface area contributed by atoms with E-state index < -0.39 is 21.6 Å². The molecule has 0 aromatic heterocycles. The van der Waals surface area contributed by atoms with Crippen molar-refractivity contribution in [1.82, 2.24) is 5.32 Å². The lowest BCUT2D eigenvalue weighted by Crippen LogP contribution is -2.30. The van der Waals surface area contributed by atoms with Crippen LogP contribution in [0.5, 0.6) is 0 Å². The van der Waals surface area contributed by atoms with E-state index in [0.717, 1.165) is 31.9 Å². The van der Waals surface area contributed by atoms with Gasteiger partial charge in [0, 0.05) is 18.5 Å². The molecule has 0 spiro atoms. The van der Waals surface area contributed by atoms with Gasteiger partial charge in [-0.2, -0.15) is 0 Å². The van der Waals surface area contributed by atoms with E-state index in [0.29, 0.717) is 12.1 Å². The molecule has 0 heterocycles. The highest BCUT2D eigenvalue weighted by Gasteiger charge is 2.27. The Hall–Kier alpha value is -1.64. The van der Waals surface area contributed by atoms with Gasteiger partial charge in [-0.1, -0.05) is 24.3 Å². The second kappa shape index (κ2) is 9.89. The zero-order valence-corrected chi connectivity index (χ0v) is 16.3. The number of nitrogens with two attached hydrogens (primary N) is 1. The number of rotatable bonds is 7. The van der Waals surface area contributed by atoms with Gasteiger partial charge in [-0.25, -0.2) is 8.42 Å². The SMILES string of the molecule is COC(=O)CS(=O)(=O)Cc1ccc(CNC(=O)C2CCC(N)C2)cc1.Cl. The molecule has 7 nitrogen and oxygen atoms in total. The number of carbonyl (C=O) groups excluding carboxylic acids is 2. The van der Waals surface area contributed by atoms with Crippen LogP contribution < -0.4 is 11.1 Å². The van der Waals surface area contributed by atoms with Crippen molar-refractivity contribution in [3.05, 3.63) is 35.4 Å². The number of sulfone groups is 1. The summed E-state index contributed by atoms with van der Waals surface area (Å²) >= 11 is 0. The first-order valence-corrected chi connectivity index (χ1v) is 9.99. The average Bonchev–Trinajstić information content (AvgIpc) is 2.99. The van der Waals surface area contributed by atoms with Gasteiger partial charge in [-0.3, -0.25) is 9.59 Å². The molecule has 1 amide bonds. The van der Waals surface area contributed by atoms with Gasteiger partial charge >= 0.3 is 5.97 Å². The molecule has 0 saturated heterocycles. The van der Waals surface area contributed by atoms with Crippen LogP contribution in [0, 0.1) is 5.92 Å². The second-order valence-corrected chi connectivity index (χ2v) is 8.48. The number of carbonyl (C=O) groups is 2. The number of hydrogen-bond acceptors (Lipinski definition) is 6. The average molecular weight is 405 g/mol. The van der Waals surface area contributed by atoms with Crippen molar-refractivity contribution in [2.24, 2.45) is 11.7 Å². The molecule has 1 aliphatic carbocycles. The number of methoxy groups -OCH3 is 1. The molecule has 9 heteroatoms. The highest BCUT2D eigenvalue weighted by atomic mass is 35.5. The van der Waals surface area contributed by atoms with Crippen molar-refractivity contribution in [3.63, 3.8) is 0 Å². The molecule has 1 aliphatic rings. The van der Waals surface area contributed by atoms with Crippen LogP contribution in [-0.4, -0.2) is 39.2 Å². The van der Waals surface area contributed by atoms with E-state index in [4.69, 9.17) is 5.73 Å². The number of hydrogen-bond donors (Lipinski definition) is 2. The van der Waals surface area contributed by atoms with Gasteiger partial charge in [0.2, 0.25) is 5.91 Å². The topological polar surface area (TPSA) is 116 Å². The minimum absolute atomic E-state index is 0. The van der Waals surface area contributed by atoms with E-state index in [1.54, 1.807) is 24.3 Å². The molecule has 0 bridgehead atoms. The first-order chi connectivity index (χ1) is 11.8. The molecule has 1 aromatic carbocycles. The van der Waals surface area contributed by atoms with Crippen LogP contribution >= 0.6 is 12.4 Å². The van der Waals surface area contributed by atoms with Gasteiger partial charge < -0.3 is 15.8 Å². The van der Waals surface area contributed by atoms with Crippen molar-refractivity contribution >= 4 is 34.1 Å². The van der Waals surface area contributed by atoms with Gasteiger partial charge in [-0.15, -0.1) is 12.4 Å². The third-order valence-corrected chi connectivity index (χ3v) is 5.73. The van der Waals surface area contributed by atoms with Crippen LogP contribution in [0.4, 0.5) is 0 Å². The number of nitrogens with one attached hydrogen (secondary N) is 1. The van der Waals surface area contributed by atoms with E-state index in [9.17, 15) is 18.0 Å². The maximum Gasteiger partial charge on any atom is 0.320 e. The van der Waals surface area contributed by atoms with Gasteiger partial charge in [0.05, 0.1) is 12.9 Å². The van der Waals surface area contributed by atoms with Crippen LogP contribution in [0.3, 0.4) is 0 Å². The van der Waals surface area contributed by atoms with E-state index in [1.165, 1.54) is 0 Å². The minimum Gasteiger partial charge on any atom is -0.468 e. The molecule has 2 atom stereocenters. The van der Waals surface area contributed by atoms with E-state index in [1.807, 2.05) is 0 Å². The predicted molar refractivity (Wildman–Crippen MR) is 100 cm³/mol. The Kier molecular flexibility index (Phi) is 8.52. The number of ether oxygens (including phenoxy) is 1. The number of halogens is 1. The highest BCUT2D eigenvalue weighted by molar-refractivity contribution is 7.91. The first kappa shape index (κ1) is 22.4. The Bertz CT molecular complexity index is 721. The lowest BCUT2D eigenvalue weighted by atomic mass is 10.1. The lowest BCUT2D eigenvalue weighted by Gasteiger charge is -2.11. The molecule has 0 aliphatic heterocycles. The van der Waals surface area contributed by atoms with E-state index in [2.05, 4.69) is 10.1 Å². The molecule has 3 N–H and O–H groups in total. The summed E-state index contributed by atoms with van der Waals surface area (Å²) in [7, 11) is -2.40. The first-order valence-electron chi connectivity index (χ1n) is 8.17. The number of esters is 1. The van der Waals surface area contributed by atoms with Gasteiger partial charge in [-0.05, 0) is 30.4 Å². The Morgan fingerprint density at radius 3 is 2.35 bits per heavy atom. The molecule has 1 saturated carbocycles. The van der Waals surface area contributed by atoms with Crippen LogP contribution in [0.1, 0.15) is 30.4 Å². The van der Waals surface area contributed by atoms with Crippen LogP contribution in [-0.2, 0) is 36.5 Å². The normalized spacial score (nSPS) is 19.5. The number of amides is 1. The Morgan fingerprint density at radius 1 is 1.19 bits per heavy atom. The summed E-state index contributed by atoms with van der Waals surface area (Å²) in [6, 6.07) is 7.01. The van der Waals surface area contributed by atoms with Crippen molar-refractivity contribution in [2.75, 3.05) is 12.9 Å². The molecule has 26 heavy (non-hydrogen) atoms. The van der Waals surface area contributed by atoms with Gasteiger partial charge in [0.15, 0.2) is 9.84 Å². The molecule has 1 aromatic rings. The number of benzene rings is 1. The second-order valence-electron chi connectivity index (χ2n) is 6.41. The van der Waals surface area contributed by atoms with Crippen LogP contribution in [0.15, 0.2) is 24.3 Å². The Morgan fingerprint density at radius 2 is 1.81 bits per heavy atom. The maximum atomic E-state index is 12.1. The van der Waals surface area contributed by atoms with E-state index >= 15 is 0 Å². The Labute approximate surface area is 160 Å². The third kappa shape index (κ3) is 6.93. The summed E-state index contributed by atoms with van der Waals surface area (Å²) in [6.45, 7) is 0.389. The monoisotopic (exact) mass is 404 g/mol. The molecular formula is C17H25ClN2O5S. The molecule has 2 unspecified atom stereocenters. The largest absolute Gasteiger partial charge is 0.468 e. The standard InChI is InChI=1S/C17H24N2O5S.ClH/c1-24-16(20)11-25(22,23)10-13-4-2-12(3-5-13)9-19-17(21)14-6-7-15(18)8-14;/h2-5,14-15H,6-11,18H2,1H3,(H,19,21);1H. The minimum atomic E-state index is -3.56.